The van der Waals surface area contributed by atoms with E-state index in [1.54, 1.807) is 22.8 Å². The molecule has 0 amide bonds. The Bertz CT molecular complexity index is 728. The van der Waals surface area contributed by atoms with E-state index >= 15 is 0 Å². The van der Waals surface area contributed by atoms with Crippen molar-refractivity contribution in [2.45, 2.75) is 18.5 Å². The van der Waals surface area contributed by atoms with Gasteiger partial charge in [-0.15, -0.1) is 0 Å². The maximum atomic E-state index is 12.1. The fourth-order valence-corrected chi connectivity index (χ4v) is 2.51. The van der Waals surface area contributed by atoms with Crippen molar-refractivity contribution in [3.63, 3.8) is 0 Å². The zero-order valence-corrected chi connectivity index (χ0v) is 11.1. The Morgan fingerprint density at radius 3 is 2.89 bits per heavy atom. The molecule has 2 aromatic rings. The number of benzene rings is 1. The number of rotatable bonds is 4. The first-order chi connectivity index (χ1) is 9.05. The van der Waals surface area contributed by atoms with Gasteiger partial charge >= 0.3 is 0 Å². The molecule has 0 unspecified atom stereocenters. The highest BCUT2D eigenvalue weighted by Gasteiger charge is 2.17. The Hall–Kier alpha value is -2.33. The molecule has 0 spiro atoms. The maximum Gasteiger partial charge on any atom is 0.280 e. The van der Waals surface area contributed by atoms with Gasteiger partial charge in [-0.05, 0) is 25.1 Å². The zero-order valence-electron chi connectivity index (χ0n) is 10.2. The monoisotopic (exact) mass is 276 g/mol. The Balaban J connectivity index is 2.28. The van der Waals surface area contributed by atoms with Crippen molar-refractivity contribution in [3.8, 4) is 6.07 Å². The molecule has 98 valence electrons. The van der Waals surface area contributed by atoms with Gasteiger partial charge in [0.05, 0.1) is 23.6 Å². The Morgan fingerprint density at radius 2 is 2.26 bits per heavy atom. The highest BCUT2D eigenvalue weighted by atomic mass is 32.2. The second kappa shape index (κ2) is 5.12. The second-order valence-corrected chi connectivity index (χ2v) is 5.47. The molecule has 1 heterocycles. The molecule has 0 aliphatic rings. The molecule has 7 heteroatoms. The van der Waals surface area contributed by atoms with Crippen molar-refractivity contribution in [3.05, 3.63) is 42.4 Å². The molecule has 0 bridgehead atoms. The van der Waals surface area contributed by atoms with Crippen LogP contribution in [0.2, 0.25) is 0 Å². The molecule has 1 N–H and O–H groups in total. The number of sulfonamides is 1. The smallest absolute Gasteiger partial charge is 0.280 e. The molecular formula is C12H12N4O2S. The number of nitrogens with one attached hydrogen (secondary N) is 1. The summed E-state index contributed by atoms with van der Waals surface area (Å²) in [7, 11) is -3.72. The summed E-state index contributed by atoms with van der Waals surface area (Å²) in [5.74, 6) is 0. The summed E-state index contributed by atoms with van der Waals surface area (Å²) in [5, 5.41) is 8.73. The molecule has 0 saturated heterocycles. The number of nitriles is 1. The lowest BCUT2D eigenvalue weighted by Crippen LogP contribution is -2.13. The maximum absolute atomic E-state index is 12.1. The summed E-state index contributed by atoms with van der Waals surface area (Å²) in [6.07, 6.45) is 2.91. The molecule has 1 aromatic heterocycles. The number of anilines is 1. The summed E-state index contributed by atoms with van der Waals surface area (Å²) in [6, 6.07) is 8.21. The highest BCUT2D eigenvalue weighted by Crippen LogP contribution is 2.15. The number of aromatic nitrogens is 2. The Kier molecular flexibility index (Phi) is 3.53. The van der Waals surface area contributed by atoms with Crippen molar-refractivity contribution < 1.29 is 8.42 Å². The van der Waals surface area contributed by atoms with E-state index in [1.165, 1.54) is 18.6 Å². The van der Waals surface area contributed by atoms with Crippen molar-refractivity contribution in [2.75, 3.05) is 4.72 Å². The van der Waals surface area contributed by atoms with Crippen molar-refractivity contribution in [2.24, 2.45) is 0 Å². The molecule has 2 rings (SSSR count). The molecule has 0 saturated carbocycles. The predicted octanol–water partition coefficient (Wildman–Crippen LogP) is 1.58. The van der Waals surface area contributed by atoms with E-state index in [0.717, 1.165) is 0 Å². The normalized spacial score (nSPS) is 10.9. The number of hydrogen-bond acceptors (Lipinski definition) is 4. The first kappa shape index (κ1) is 13.1. The van der Waals surface area contributed by atoms with Gasteiger partial charge in [-0.3, -0.25) is 4.72 Å². The topological polar surface area (TPSA) is 87.8 Å². The lowest BCUT2D eigenvalue weighted by atomic mass is 10.2. The van der Waals surface area contributed by atoms with Gasteiger partial charge < -0.3 is 4.57 Å². The fourth-order valence-electron chi connectivity index (χ4n) is 1.51. The van der Waals surface area contributed by atoms with Crippen LogP contribution in [-0.4, -0.2) is 18.0 Å². The third-order valence-electron chi connectivity index (χ3n) is 2.49. The van der Waals surface area contributed by atoms with Crippen LogP contribution in [0, 0.1) is 11.3 Å². The number of aryl methyl sites for hydroxylation is 1. The van der Waals surface area contributed by atoms with Crippen LogP contribution < -0.4 is 4.72 Å². The quantitative estimate of drug-likeness (QED) is 0.918. The van der Waals surface area contributed by atoms with Crippen molar-refractivity contribution in [1.29, 1.82) is 5.26 Å². The van der Waals surface area contributed by atoms with Gasteiger partial charge in [-0.2, -0.15) is 13.7 Å². The lowest BCUT2D eigenvalue weighted by Gasteiger charge is -2.05. The van der Waals surface area contributed by atoms with Gasteiger partial charge in [-0.25, -0.2) is 4.98 Å². The minimum atomic E-state index is -3.72. The Morgan fingerprint density at radius 1 is 1.47 bits per heavy atom. The second-order valence-electron chi connectivity index (χ2n) is 3.84. The fraction of sp³-hybridized carbons (Fsp3) is 0.167. The first-order valence-corrected chi connectivity index (χ1v) is 7.08. The molecular weight excluding hydrogens is 264 g/mol. The van der Waals surface area contributed by atoms with E-state index in [4.69, 9.17) is 5.26 Å². The zero-order chi connectivity index (χ0) is 13.9. The molecule has 19 heavy (non-hydrogen) atoms. The molecule has 0 fully saturated rings. The number of hydrogen-bond donors (Lipinski definition) is 1. The minimum Gasteiger partial charge on any atom is -0.336 e. The first-order valence-electron chi connectivity index (χ1n) is 5.60. The Labute approximate surface area is 111 Å². The van der Waals surface area contributed by atoms with E-state index in [9.17, 15) is 8.42 Å². The standard InChI is InChI=1S/C12H12N4O2S/c1-2-16-8-12(14-9-16)19(17,18)15-11-5-3-4-10(6-11)7-13/h3-6,8-9,15H,2H2,1H3. The van der Waals surface area contributed by atoms with Crippen molar-refractivity contribution in [1.82, 2.24) is 9.55 Å². The SMILES string of the molecule is CCn1cnc(S(=O)(=O)Nc2cccc(C#N)c2)c1. The molecule has 0 atom stereocenters. The largest absolute Gasteiger partial charge is 0.336 e. The minimum absolute atomic E-state index is 0.0447. The van der Waals surface area contributed by atoms with Gasteiger partial charge in [0.25, 0.3) is 10.0 Å². The van der Waals surface area contributed by atoms with Crippen LogP contribution in [0.15, 0.2) is 41.8 Å². The van der Waals surface area contributed by atoms with Gasteiger partial charge in [0.2, 0.25) is 0 Å². The van der Waals surface area contributed by atoms with Gasteiger partial charge in [0.1, 0.15) is 0 Å². The van der Waals surface area contributed by atoms with Crippen LogP contribution in [0.1, 0.15) is 12.5 Å². The summed E-state index contributed by atoms with van der Waals surface area (Å²) in [6.45, 7) is 2.54. The van der Waals surface area contributed by atoms with Crippen LogP contribution in [0.25, 0.3) is 0 Å². The van der Waals surface area contributed by atoms with Crippen LogP contribution in [0.5, 0.6) is 0 Å². The van der Waals surface area contributed by atoms with E-state index in [-0.39, 0.29) is 5.03 Å². The lowest BCUT2D eigenvalue weighted by molar-refractivity contribution is 0.598. The summed E-state index contributed by atoms with van der Waals surface area (Å²) < 4.78 is 28.2. The average Bonchev–Trinajstić information content (AvgIpc) is 2.88. The number of nitrogens with zero attached hydrogens (tertiary/aromatic N) is 3. The molecule has 0 radical (unpaired) electrons. The summed E-state index contributed by atoms with van der Waals surface area (Å²) in [5.41, 5.74) is 0.726. The summed E-state index contributed by atoms with van der Waals surface area (Å²) in [4.78, 5) is 3.84. The van der Waals surface area contributed by atoms with Crippen LogP contribution >= 0.6 is 0 Å². The van der Waals surface area contributed by atoms with Gasteiger partial charge in [0, 0.05) is 12.7 Å². The molecule has 0 aliphatic carbocycles. The third-order valence-corrected chi connectivity index (χ3v) is 3.76. The van der Waals surface area contributed by atoms with E-state index in [2.05, 4.69) is 9.71 Å². The van der Waals surface area contributed by atoms with E-state index < -0.39 is 10.0 Å². The van der Waals surface area contributed by atoms with Crippen LogP contribution in [-0.2, 0) is 16.6 Å². The van der Waals surface area contributed by atoms with Crippen molar-refractivity contribution >= 4 is 15.7 Å². The van der Waals surface area contributed by atoms with Crippen LogP contribution in [0.3, 0.4) is 0 Å². The van der Waals surface area contributed by atoms with Crippen LogP contribution in [0.4, 0.5) is 5.69 Å². The van der Waals surface area contributed by atoms with E-state index in [0.29, 0.717) is 17.8 Å². The van der Waals surface area contributed by atoms with Gasteiger partial charge in [0.15, 0.2) is 5.03 Å². The number of imidazole rings is 1. The predicted molar refractivity (Wildman–Crippen MR) is 69.9 cm³/mol. The average molecular weight is 276 g/mol. The molecule has 1 aromatic carbocycles. The summed E-state index contributed by atoms with van der Waals surface area (Å²) >= 11 is 0. The van der Waals surface area contributed by atoms with E-state index in [1.807, 2.05) is 13.0 Å². The molecule has 6 nitrogen and oxygen atoms in total. The highest BCUT2D eigenvalue weighted by molar-refractivity contribution is 7.92. The van der Waals surface area contributed by atoms with Gasteiger partial charge in [-0.1, -0.05) is 6.07 Å². The molecule has 0 aliphatic heterocycles. The third kappa shape index (κ3) is 2.92.